The third kappa shape index (κ3) is 2.68. The Bertz CT molecular complexity index is 142. The molecule has 0 N–H and O–H groups in total. The first kappa shape index (κ1) is 9.87. The van der Waals surface area contributed by atoms with Gasteiger partial charge in [0, 0.05) is 6.42 Å². The van der Waals surface area contributed by atoms with Crippen molar-refractivity contribution in [2.45, 2.75) is 39.3 Å². The molecule has 0 aliphatic heterocycles. The van der Waals surface area contributed by atoms with Crippen LogP contribution in [0.3, 0.4) is 0 Å². The van der Waals surface area contributed by atoms with Gasteiger partial charge in [-0.2, -0.15) is 13.2 Å². The fourth-order valence-electron chi connectivity index (χ4n) is 1.83. The first-order valence-corrected chi connectivity index (χ1v) is 4.45. The summed E-state index contributed by atoms with van der Waals surface area (Å²) in [6.07, 6.45) is -2.98. The average molecular weight is 180 g/mol. The van der Waals surface area contributed by atoms with Crippen molar-refractivity contribution in [2.75, 3.05) is 0 Å². The smallest absolute Gasteiger partial charge is 0.171 e. The van der Waals surface area contributed by atoms with Gasteiger partial charge in [0.1, 0.15) is 0 Å². The van der Waals surface area contributed by atoms with E-state index in [9.17, 15) is 13.2 Å². The van der Waals surface area contributed by atoms with Gasteiger partial charge in [0.2, 0.25) is 0 Å². The molecule has 1 rings (SSSR count). The molecule has 0 aromatic heterocycles. The van der Waals surface area contributed by atoms with Gasteiger partial charge in [0.15, 0.2) is 0 Å². The van der Waals surface area contributed by atoms with Crippen LogP contribution in [0.2, 0.25) is 0 Å². The normalized spacial score (nSPS) is 30.5. The molecular formula is C9H15F3. The van der Waals surface area contributed by atoms with E-state index in [0.29, 0.717) is 11.8 Å². The first-order valence-electron chi connectivity index (χ1n) is 4.45. The van der Waals surface area contributed by atoms with Gasteiger partial charge in [0.05, 0.1) is 0 Å². The molecule has 1 aliphatic carbocycles. The first-order chi connectivity index (χ1) is 5.38. The van der Waals surface area contributed by atoms with Crippen molar-refractivity contribution < 1.29 is 13.2 Å². The molecule has 1 fully saturated rings. The lowest BCUT2D eigenvalue weighted by Crippen LogP contribution is -2.31. The van der Waals surface area contributed by atoms with Crippen LogP contribution in [0.4, 0.5) is 13.2 Å². The summed E-state index contributed by atoms with van der Waals surface area (Å²) in [7, 11) is 0. The van der Waals surface area contributed by atoms with Crippen molar-refractivity contribution in [3.05, 3.63) is 0 Å². The number of rotatable bonds is 2. The van der Waals surface area contributed by atoms with Crippen molar-refractivity contribution >= 4 is 0 Å². The van der Waals surface area contributed by atoms with Gasteiger partial charge in [-0.1, -0.05) is 13.8 Å². The summed E-state index contributed by atoms with van der Waals surface area (Å²) in [6, 6.07) is 0. The maximum absolute atomic E-state index is 11.9. The molecule has 0 saturated heterocycles. The molecule has 0 spiro atoms. The zero-order chi connectivity index (χ0) is 9.35. The van der Waals surface area contributed by atoms with Crippen LogP contribution in [0.15, 0.2) is 0 Å². The van der Waals surface area contributed by atoms with Gasteiger partial charge in [-0.15, -0.1) is 0 Å². The summed E-state index contributed by atoms with van der Waals surface area (Å²) in [4.78, 5) is 0. The quantitative estimate of drug-likeness (QED) is 0.608. The molecule has 0 unspecified atom stereocenters. The van der Waals surface area contributed by atoms with Crippen LogP contribution in [0.5, 0.6) is 0 Å². The largest absolute Gasteiger partial charge is 0.389 e. The van der Waals surface area contributed by atoms with Crippen LogP contribution in [-0.4, -0.2) is 6.18 Å². The van der Waals surface area contributed by atoms with Crippen LogP contribution in [0, 0.1) is 17.8 Å². The number of halogens is 3. The highest BCUT2D eigenvalue weighted by molar-refractivity contribution is 4.82. The molecule has 0 amide bonds. The second-order valence-corrected chi connectivity index (χ2v) is 4.16. The molecule has 0 nitrogen and oxygen atoms in total. The Balaban J connectivity index is 2.18. The third-order valence-electron chi connectivity index (χ3n) is 2.74. The van der Waals surface area contributed by atoms with Gasteiger partial charge in [0.25, 0.3) is 0 Å². The van der Waals surface area contributed by atoms with Gasteiger partial charge >= 0.3 is 6.18 Å². The summed E-state index contributed by atoms with van der Waals surface area (Å²) >= 11 is 0. The van der Waals surface area contributed by atoms with E-state index < -0.39 is 12.6 Å². The molecule has 3 heteroatoms. The van der Waals surface area contributed by atoms with Crippen molar-refractivity contribution in [1.82, 2.24) is 0 Å². The number of hydrogen-bond donors (Lipinski definition) is 0. The van der Waals surface area contributed by atoms with Crippen molar-refractivity contribution in [2.24, 2.45) is 17.8 Å². The maximum Gasteiger partial charge on any atom is 0.389 e. The average Bonchev–Trinajstić information content (AvgIpc) is 1.74. The fraction of sp³-hybridized carbons (Fsp3) is 1.00. The minimum Gasteiger partial charge on any atom is -0.171 e. The second-order valence-electron chi connectivity index (χ2n) is 4.16. The van der Waals surface area contributed by atoms with Crippen LogP contribution in [-0.2, 0) is 0 Å². The highest BCUT2D eigenvalue weighted by atomic mass is 19.4. The highest BCUT2D eigenvalue weighted by Crippen LogP contribution is 2.44. The Kier molecular flexibility index (Phi) is 2.69. The molecular weight excluding hydrogens is 165 g/mol. The lowest BCUT2D eigenvalue weighted by molar-refractivity contribution is -0.154. The van der Waals surface area contributed by atoms with Gasteiger partial charge in [-0.3, -0.25) is 0 Å². The molecule has 0 radical (unpaired) electrons. The maximum atomic E-state index is 11.9. The minimum atomic E-state index is -3.95. The molecule has 12 heavy (non-hydrogen) atoms. The van der Waals surface area contributed by atoms with Crippen LogP contribution in [0.1, 0.15) is 33.1 Å². The molecule has 0 aromatic carbocycles. The lowest BCUT2D eigenvalue weighted by Gasteiger charge is -2.38. The number of alkyl halides is 3. The van der Waals surface area contributed by atoms with E-state index in [0.717, 1.165) is 12.8 Å². The van der Waals surface area contributed by atoms with Gasteiger partial charge < -0.3 is 0 Å². The molecule has 0 bridgehead atoms. The summed E-state index contributed by atoms with van der Waals surface area (Å²) in [5, 5.41) is 0. The summed E-state index contributed by atoms with van der Waals surface area (Å²) in [5.74, 6) is 1.00. The van der Waals surface area contributed by atoms with E-state index in [2.05, 4.69) is 13.8 Å². The van der Waals surface area contributed by atoms with Crippen molar-refractivity contribution in [3.8, 4) is 0 Å². The predicted octanol–water partition coefficient (Wildman–Crippen LogP) is 3.62. The summed E-state index contributed by atoms with van der Waals surface area (Å²) in [6.45, 7) is 4.16. The molecule has 72 valence electrons. The summed E-state index contributed by atoms with van der Waals surface area (Å²) in [5.41, 5.74) is 0. The molecule has 0 atom stereocenters. The van der Waals surface area contributed by atoms with E-state index in [1.807, 2.05) is 0 Å². The molecule has 0 heterocycles. The Labute approximate surface area is 71.1 Å². The predicted molar refractivity (Wildman–Crippen MR) is 41.7 cm³/mol. The second kappa shape index (κ2) is 3.27. The van der Waals surface area contributed by atoms with Gasteiger partial charge in [-0.05, 0) is 30.6 Å². The minimum absolute atomic E-state index is 0.0857. The van der Waals surface area contributed by atoms with Crippen LogP contribution < -0.4 is 0 Å². The van der Waals surface area contributed by atoms with E-state index >= 15 is 0 Å². The molecule has 1 aliphatic rings. The lowest BCUT2D eigenvalue weighted by atomic mass is 9.68. The van der Waals surface area contributed by atoms with E-state index in [4.69, 9.17) is 0 Å². The fourth-order valence-corrected chi connectivity index (χ4v) is 1.83. The topological polar surface area (TPSA) is 0 Å². The molecule has 1 saturated carbocycles. The highest BCUT2D eigenvalue weighted by Gasteiger charge is 2.39. The van der Waals surface area contributed by atoms with Crippen LogP contribution >= 0.6 is 0 Å². The van der Waals surface area contributed by atoms with Crippen LogP contribution in [0.25, 0.3) is 0 Å². The Morgan fingerprint density at radius 2 is 1.75 bits per heavy atom. The Morgan fingerprint density at radius 3 is 2.08 bits per heavy atom. The number of hydrogen-bond acceptors (Lipinski definition) is 0. The van der Waals surface area contributed by atoms with Crippen molar-refractivity contribution in [1.29, 1.82) is 0 Å². The zero-order valence-electron chi connectivity index (χ0n) is 7.49. The van der Waals surface area contributed by atoms with Gasteiger partial charge in [-0.25, -0.2) is 0 Å². The van der Waals surface area contributed by atoms with E-state index in [1.54, 1.807) is 0 Å². The monoisotopic (exact) mass is 180 g/mol. The van der Waals surface area contributed by atoms with E-state index in [1.165, 1.54) is 0 Å². The standard InChI is InChI=1S/C9H15F3/c1-6(2)8-3-7(4-8)5-9(10,11)12/h6-8H,3-5H2,1-2H3. The summed E-state index contributed by atoms with van der Waals surface area (Å²) < 4.78 is 35.6. The molecule has 0 aromatic rings. The third-order valence-corrected chi connectivity index (χ3v) is 2.74. The Morgan fingerprint density at radius 1 is 1.25 bits per heavy atom. The SMILES string of the molecule is CC(C)C1CC(CC(F)(F)F)C1. The van der Waals surface area contributed by atoms with E-state index in [-0.39, 0.29) is 5.92 Å². The Hall–Kier alpha value is -0.210. The zero-order valence-corrected chi connectivity index (χ0v) is 7.49. The van der Waals surface area contributed by atoms with Crippen molar-refractivity contribution in [3.63, 3.8) is 0 Å².